The molecule has 4 aromatic rings. The minimum Gasteiger partial charge on any atom is -0.384 e. The molecule has 0 atom stereocenters. The lowest BCUT2D eigenvalue weighted by atomic mass is 9.98. The summed E-state index contributed by atoms with van der Waals surface area (Å²) in [5.41, 5.74) is 4.60. The average molecular weight is 403 g/mol. The van der Waals surface area contributed by atoms with E-state index in [9.17, 15) is 4.39 Å². The summed E-state index contributed by atoms with van der Waals surface area (Å²) < 4.78 is 33.2. The van der Waals surface area contributed by atoms with Gasteiger partial charge in [0.1, 0.15) is 11.6 Å². The molecule has 0 aliphatic heterocycles. The van der Waals surface area contributed by atoms with Gasteiger partial charge in [0.05, 0.1) is 12.3 Å². The Bertz CT molecular complexity index is 1140. The molecule has 0 amide bonds. The Balaban J connectivity index is 1.54. The molecule has 3 aromatic carbocycles. The van der Waals surface area contributed by atoms with Gasteiger partial charge in [0.15, 0.2) is 0 Å². The number of rotatable bonds is 7. The molecule has 0 N–H and O–H groups in total. The van der Waals surface area contributed by atoms with Crippen LogP contribution in [0.25, 0.3) is 22.0 Å². The van der Waals surface area contributed by atoms with E-state index in [-0.39, 0.29) is 11.6 Å². The zero-order valence-electron chi connectivity index (χ0n) is 16.9. The summed E-state index contributed by atoms with van der Waals surface area (Å²) >= 11 is 0. The van der Waals surface area contributed by atoms with Crippen molar-refractivity contribution in [3.63, 3.8) is 0 Å². The van der Waals surface area contributed by atoms with Crippen LogP contribution in [0.15, 0.2) is 72.9 Å². The van der Waals surface area contributed by atoms with E-state index in [4.69, 9.17) is 4.74 Å². The fraction of sp³-hybridized carbons (Fsp3) is 0.192. The lowest BCUT2D eigenvalue weighted by Crippen LogP contribution is -1.97. The summed E-state index contributed by atoms with van der Waals surface area (Å²) in [6, 6.07) is 19.9. The van der Waals surface area contributed by atoms with Crippen LogP contribution in [0.5, 0.6) is 0 Å². The van der Waals surface area contributed by atoms with Crippen molar-refractivity contribution in [2.45, 2.75) is 19.3 Å². The Morgan fingerprint density at radius 2 is 1.60 bits per heavy atom. The van der Waals surface area contributed by atoms with Crippen LogP contribution in [0.1, 0.15) is 16.7 Å². The maximum absolute atomic E-state index is 15.1. The molecule has 0 spiro atoms. The number of halogens is 2. The third-order valence-electron chi connectivity index (χ3n) is 5.35. The second kappa shape index (κ2) is 9.14. The molecule has 0 aliphatic carbocycles. The van der Waals surface area contributed by atoms with Crippen LogP contribution in [0.2, 0.25) is 0 Å². The van der Waals surface area contributed by atoms with Gasteiger partial charge in [-0.3, -0.25) is 4.98 Å². The first-order valence-electron chi connectivity index (χ1n) is 10.0. The maximum Gasteiger partial charge on any atom is 0.134 e. The zero-order valence-corrected chi connectivity index (χ0v) is 16.9. The van der Waals surface area contributed by atoms with Gasteiger partial charge >= 0.3 is 0 Å². The van der Waals surface area contributed by atoms with Crippen molar-refractivity contribution in [2.75, 3.05) is 13.7 Å². The molecular weight excluding hydrogens is 380 g/mol. The molecule has 0 unspecified atom stereocenters. The summed E-state index contributed by atoms with van der Waals surface area (Å²) in [4.78, 5) is 4.54. The van der Waals surface area contributed by atoms with Gasteiger partial charge in [0, 0.05) is 24.3 Å². The van der Waals surface area contributed by atoms with Gasteiger partial charge in [0.25, 0.3) is 0 Å². The van der Waals surface area contributed by atoms with Crippen LogP contribution in [-0.2, 0) is 24.0 Å². The number of hydrogen-bond acceptors (Lipinski definition) is 2. The third-order valence-corrected chi connectivity index (χ3v) is 5.35. The Hall–Kier alpha value is -3.11. The van der Waals surface area contributed by atoms with Gasteiger partial charge in [0.2, 0.25) is 0 Å². The molecule has 0 bridgehead atoms. The van der Waals surface area contributed by atoms with Gasteiger partial charge in [-0.1, -0.05) is 42.5 Å². The summed E-state index contributed by atoms with van der Waals surface area (Å²) in [5, 5.41) is 1.45. The minimum atomic E-state index is -0.259. The second-order valence-electron chi connectivity index (χ2n) is 7.40. The largest absolute Gasteiger partial charge is 0.384 e. The Kier molecular flexibility index (Phi) is 6.15. The van der Waals surface area contributed by atoms with E-state index < -0.39 is 0 Å². The van der Waals surface area contributed by atoms with Gasteiger partial charge in [-0.2, -0.15) is 0 Å². The summed E-state index contributed by atoms with van der Waals surface area (Å²) in [5.74, 6) is -0.449. The molecule has 2 nitrogen and oxygen atoms in total. The average Bonchev–Trinajstić information content (AvgIpc) is 2.78. The molecule has 0 saturated heterocycles. The quantitative estimate of drug-likeness (QED) is 0.369. The van der Waals surface area contributed by atoms with Crippen molar-refractivity contribution in [3.8, 4) is 11.3 Å². The highest BCUT2D eigenvalue weighted by Gasteiger charge is 2.10. The number of benzene rings is 3. The normalized spacial score (nSPS) is 11.2. The van der Waals surface area contributed by atoms with E-state index in [1.165, 1.54) is 12.1 Å². The molecule has 4 rings (SSSR count). The van der Waals surface area contributed by atoms with E-state index >= 15 is 4.39 Å². The van der Waals surface area contributed by atoms with Crippen molar-refractivity contribution in [1.82, 2.24) is 4.98 Å². The lowest BCUT2D eigenvalue weighted by molar-refractivity contribution is 0.202. The van der Waals surface area contributed by atoms with Crippen LogP contribution in [0.4, 0.5) is 8.78 Å². The Morgan fingerprint density at radius 3 is 2.33 bits per heavy atom. The molecule has 0 saturated carbocycles. The lowest BCUT2D eigenvalue weighted by Gasteiger charge is -2.09. The van der Waals surface area contributed by atoms with Crippen LogP contribution >= 0.6 is 0 Å². The topological polar surface area (TPSA) is 22.1 Å². The molecule has 152 valence electrons. The Labute approximate surface area is 175 Å². The highest BCUT2D eigenvalue weighted by Crippen LogP contribution is 2.27. The SMILES string of the molecule is COCCc1ccc(-c2ccc3c(F)c(CCc4ccc(F)cc4)ccc3c2)nc1. The van der Waals surface area contributed by atoms with Crippen LogP contribution < -0.4 is 0 Å². The first-order valence-corrected chi connectivity index (χ1v) is 10.0. The van der Waals surface area contributed by atoms with Crippen molar-refractivity contribution < 1.29 is 13.5 Å². The minimum absolute atomic E-state index is 0.191. The Morgan fingerprint density at radius 1 is 0.800 bits per heavy atom. The van der Waals surface area contributed by atoms with Crippen LogP contribution in [-0.4, -0.2) is 18.7 Å². The monoisotopic (exact) mass is 403 g/mol. The second-order valence-corrected chi connectivity index (χ2v) is 7.40. The fourth-order valence-electron chi connectivity index (χ4n) is 3.58. The molecule has 30 heavy (non-hydrogen) atoms. The molecule has 1 heterocycles. The van der Waals surface area contributed by atoms with E-state index in [0.717, 1.165) is 34.2 Å². The molecule has 4 heteroatoms. The highest BCUT2D eigenvalue weighted by atomic mass is 19.1. The van der Waals surface area contributed by atoms with Crippen molar-refractivity contribution in [3.05, 3.63) is 101 Å². The first kappa shape index (κ1) is 20.2. The van der Waals surface area contributed by atoms with E-state index in [1.54, 1.807) is 19.2 Å². The zero-order chi connectivity index (χ0) is 20.9. The number of nitrogens with zero attached hydrogens (tertiary/aromatic N) is 1. The summed E-state index contributed by atoms with van der Waals surface area (Å²) in [6.07, 6.45) is 3.92. The summed E-state index contributed by atoms with van der Waals surface area (Å²) in [6.45, 7) is 0.666. The number of fused-ring (bicyclic) bond motifs is 1. The van der Waals surface area contributed by atoms with E-state index in [2.05, 4.69) is 4.98 Å². The standard InChI is InChI=1S/C26H23F2NO/c1-30-15-14-19-5-13-25(29-17-19)22-9-12-24-21(16-22)8-7-20(26(24)28)6-2-18-3-10-23(27)11-4-18/h3-5,7-13,16-17H,2,6,14-15H2,1H3. The van der Waals surface area contributed by atoms with E-state index in [1.807, 2.05) is 48.7 Å². The maximum atomic E-state index is 15.1. The van der Waals surface area contributed by atoms with Crippen LogP contribution in [0.3, 0.4) is 0 Å². The number of hydrogen-bond donors (Lipinski definition) is 0. The van der Waals surface area contributed by atoms with E-state index in [0.29, 0.717) is 30.4 Å². The van der Waals surface area contributed by atoms with Gasteiger partial charge in [-0.05, 0) is 65.6 Å². The molecule has 1 aromatic heterocycles. The number of aryl methyl sites for hydroxylation is 2. The van der Waals surface area contributed by atoms with Gasteiger partial charge in [-0.15, -0.1) is 0 Å². The van der Waals surface area contributed by atoms with Gasteiger partial charge < -0.3 is 4.74 Å². The van der Waals surface area contributed by atoms with Crippen molar-refractivity contribution in [1.29, 1.82) is 0 Å². The number of ether oxygens (including phenoxy) is 1. The van der Waals surface area contributed by atoms with Crippen molar-refractivity contribution in [2.24, 2.45) is 0 Å². The van der Waals surface area contributed by atoms with Crippen molar-refractivity contribution >= 4 is 10.8 Å². The highest BCUT2D eigenvalue weighted by molar-refractivity contribution is 5.88. The first-order chi connectivity index (χ1) is 14.6. The molecule has 0 aliphatic rings. The fourth-order valence-corrected chi connectivity index (χ4v) is 3.58. The number of pyridine rings is 1. The smallest absolute Gasteiger partial charge is 0.134 e. The molecule has 0 fully saturated rings. The summed E-state index contributed by atoms with van der Waals surface area (Å²) in [7, 11) is 1.68. The molecule has 0 radical (unpaired) electrons. The number of aromatic nitrogens is 1. The predicted molar refractivity (Wildman–Crippen MR) is 117 cm³/mol. The van der Waals surface area contributed by atoms with Crippen LogP contribution in [0, 0.1) is 11.6 Å². The molecular formula is C26H23F2NO. The third kappa shape index (κ3) is 4.55. The number of methoxy groups -OCH3 is 1. The van der Waals surface area contributed by atoms with Gasteiger partial charge in [-0.25, -0.2) is 8.78 Å². The predicted octanol–water partition coefficient (Wildman–Crippen LogP) is 6.15.